The zero-order chi connectivity index (χ0) is 36.3. The highest BCUT2D eigenvalue weighted by Gasteiger charge is 2.50. The molecule has 51 heavy (non-hydrogen) atoms. The normalized spacial score (nSPS) is 19.1. The van der Waals surface area contributed by atoms with E-state index in [0.717, 1.165) is 39.8 Å². The van der Waals surface area contributed by atoms with Gasteiger partial charge >= 0.3 is 6.09 Å². The van der Waals surface area contributed by atoms with Crippen LogP contribution in [0.3, 0.4) is 0 Å². The Morgan fingerprint density at radius 2 is 1.55 bits per heavy atom. The molecule has 0 aromatic heterocycles. The first-order valence-electron chi connectivity index (χ1n) is 17.0. The number of alkyl halides is 3. The van der Waals surface area contributed by atoms with Gasteiger partial charge in [-0.15, -0.1) is 0 Å². The van der Waals surface area contributed by atoms with Crippen molar-refractivity contribution in [3.63, 3.8) is 0 Å². The molecule has 272 valence electrons. The van der Waals surface area contributed by atoms with Gasteiger partial charge in [-0.25, -0.2) is 4.79 Å². The summed E-state index contributed by atoms with van der Waals surface area (Å²) in [4.78, 5) is 32.4. The molecule has 3 aliphatic rings. The van der Waals surface area contributed by atoms with Crippen LogP contribution in [-0.4, -0.2) is 82.2 Å². The van der Waals surface area contributed by atoms with Crippen LogP contribution in [0.25, 0.3) is 5.57 Å². The van der Waals surface area contributed by atoms with Crippen LogP contribution in [0.2, 0.25) is 5.02 Å². The summed E-state index contributed by atoms with van der Waals surface area (Å²) >= 11 is 28.5. The minimum atomic E-state index is -1.86. The van der Waals surface area contributed by atoms with Gasteiger partial charge in [0.1, 0.15) is 24.7 Å². The minimum absolute atomic E-state index is 0.101. The number of ether oxygens (including phenoxy) is 3. The highest BCUT2D eigenvalue weighted by molar-refractivity contribution is 9.10. The van der Waals surface area contributed by atoms with Crippen LogP contribution < -0.4 is 14.8 Å². The second-order valence-electron chi connectivity index (χ2n) is 13.5. The van der Waals surface area contributed by atoms with Crippen molar-refractivity contribution < 1.29 is 23.8 Å². The molecule has 2 atom stereocenters. The molecular formula is C38H40BrCl4N3O5. The Balaban J connectivity index is 1.28. The van der Waals surface area contributed by atoms with E-state index in [9.17, 15) is 9.59 Å². The third-order valence-corrected chi connectivity index (χ3v) is 11.7. The second kappa shape index (κ2) is 16.1. The van der Waals surface area contributed by atoms with Crippen molar-refractivity contribution in [2.75, 3.05) is 32.8 Å². The Hall–Kier alpha value is -2.66. The fourth-order valence-electron chi connectivity index (χ4n) is 6.48. The van der Waals surface area contributed by atoms with Crippen LogP contribution in [0.15, 0.2) is 82.8 Å². The lowest BCUT2D eigenvalue weighted by Crippen LogP contribution is -2.64. The van der Waals surface area contributed by atoms with Crippen molar-refractivity contribution in [2.24, 2.45) is 0 Å². The van der Waals surface area contributed by atoms with Crippen LogP contribution >= 0.6 is 62.3 Å². The van der Waals surface area contributed by atoms with Gasteiger partial charge in [-0.3, -0.25) is 9.69 Å². The van der Waals surface area contributed by atoms with E-state index in [0.29, 0.717) is 62.0 Å². The van der Waals surface area contributed by atoms with E-state index >= 15 is 0 Å². The molecule has 0 radical (unpaired) electrons. The molecule has 3 aromatic rings. The predicted molar refractivity (Wildman–Crippen MR) is 206 cm³/mol. The number of hydrogen-bond acceptors (Lipinski definition) is 6. The van der Waals surface area contributed by atoms with Gasteiger partial charge in [0.05, 0.1) is 12.1 Å². The first-order chi connectivity index (χ1) is 24.3. The number of nitrogens with one attached hydrogen (secondary N) is 1. The molecule has 1 N–H and O–H groups in total. The maximum Gasteiger partial charge on any atom is 0.411 e. The third-order valence-electron chi connectivity index (χ3n) is 9.48. The molecule has 0 spiro atoms. The fraction of sp³-hybridized carbons (Fsp3) is 0.421. The smallest absolute Gasteiger partial charge is 0.411 e. The molecule has 2 fully saturated rings. The van der Waals surface area contributed by atoms with E-state index in [1.165, 1.54) is 0 Å². The molecule has 2 bridgehead atoms. The zero-order valence-corrected chi connectivity index (χ0v) is 33.0. The van der Waals surface area contributed by atoms with Gasteiger partial charge in [0.15, 0.2) is 5.60 Å². The summed E-state index contributed by atoms with van der Waals surface area (Å²) in [6.45, 7) is 5.24. The average Bonchev–Trinajstić information content (AvgIpc) is 3.93. The second-order valence-corrected chi connectivity index (χ2v) is 17.1. The van der Waals surface area contributed by atoms with Crippen molar-refractivity contribution in [1.29, 1.82) is 0 Å². The van der Waals surface area contributed by atoms with E-state index in [1.807, 2.05) is 77.7 Å². The Morgan fingerprint density at radius 3 is 2.16 bits per heavy atom. The largest absolute Gasteiger partial charge is 0.490 e. The molecule has 2 aliphatic heterocycles. The van der Waals surface area contributed by atoms with Gasteiger partial charge in [0, 0.05) is 40.7 Å². The molecule has 2 heterocycles. The lowest BCUT2D eigenvalue weighted by molar-refractivity contribution is -0.128. The van der Waals surface area contributed by atoms with Crippen molar-refractivity contribution in [1.82, 2.24) is 15.1 Å². The van der Waals surface area contributed by atoms with Crippen LogP contribution in [0.4, 0.5) is 4.79 Å². The summed E-state index contributed by atoms with van der Waals surface area (Å²) in [5.41, 5.74) is 1.91. The van der Waals surface area contributed by atoms with Gasteiger partial charge < -0.3 is 24.4 Å². The predicted octanol–water partition coefficient (Wildman–Crippen LogP) is 8.88. The number of nitrogens with zero attached hydrogens (tertiary/aromatic N) is 2. The summed E-state index contributed by atoms with van der Waals surface area (Å²) in [6.07, 6.45) is 2.25. The first kappa shape index (κ1) is 38.1. The van der Waals surface area contributed by atoms with E-state index < -0.39 is 21.5 Å². The van der Waals surface area contributed by atoms with Crippen LogP contribution in [0, 0.1) is 0 Å². The first-order valence-corrected chi connectivity index (χ1v) is 19.3. The van der Waals surface area contributed by atoms with Gasteiger partial charge in [0.2, 0.25) is 3.79 Å². The topological polar surface area (TPSA) is 80.3 Å². The number of fused-ring (bicyclic) bond motifs is 2. The van der Waals surface area contributed by atoms with Gasteiger partial charge in [-0.1, -0.05) is 92.7 Å². The Bertz CT molecular complexity index is 1750. The summed E-state index contributed by atoms with van der Waals surface area (Å²) in [6, 6.07) is 22.3. The number of benzene rings is 3. The SMILES string of the molecule is CC(C)(OC(=O)N1C2CNCC1C(C(=O)N(CCc1ccccc1Cl)C1CC1)=C(c1ccc(OCCOc3ccc(Br)cc3)cc1)C2)C(Cl)(Cl)Cl. The molecular weight excluding hydrogens is 800 g/mol. The maximum atomic E-state index is 14.9. The number of carbonyl (C=O) groups is 2. The Morgan fingerprint density at radius 1 is 0.922 bits per heavy atom. The van der Waals surface area contributed by atoms with Crippen molar-refractivity contribution in [3.8, 4) is 11.5 Å². The van der Waals surface area contributed by atoms with E-state index in [-0.39, 0.29) is 18.0 Å². The number of carbonyl (C=O) groups excluding carboxylic acids is 2. The van der Waals surface area contributed by atoms with Gasteiger partial charge in [-0.05, 0) is 98.7 Å². The molecule has 2 amide bonds. The van der Waals surface area contributed by atoms with Crippen LogP contribution in [0.5, 0.6) is 11.5 Å². The van der Waals surface area contributed by atoms with Crippen molar-refractivity contribution >= 4 is 79.9 Å². The highest BCUT2D eigenvalue weighted by atomic mass is 79.9. The fourth-order valence-corrected chi connectivity index (χ4v) is 7.09. The molecule has 3 aromatic carbocycles. The standard InChI is InChI=1S/C38H40BrCl4N3O5/c1-37(2,38(41,42)43)51-36(48)46-28-21-31(24-7-13-29(14-8-24)49-19-20-50-30-15-9-26(39)10-16-30)34(33(46)23-44-22-28)35(47)45(27-11-12-27)18-17-25-5-3-4-6-32(25)40/h3-10,13-16,27-28,33,44H,11-12,17-23H2,1-2H3. The summed E-state index contributed by atoms with van der Waals surface area (Å²) < 4.78 is 16.7. The summed E-state index contributed by atoms with van der Waals surface area (Å²) in [7, 11) is 0. The quantitative estimate of drug-likeness (QED) is 0.145. The number of halogens is 5. The van der Waals surface area contributed by atoms with Gasteiger partial charge in [-0.2, -0.15) is 0 Å². The molecule has 1 saturated heterocycles. The zero-order valence-electron chi connectivity index (χ0n) is 28.3. The van der Waals surface area contributed by atoms with Crippen molar-refractivity contribution in [2.45, 2.75) is 67.0 Å². The number of rotatable bonds is 12. The van der Waals surface area contributed by atoms with E-state index in [4.69, 9.17) is 60.6 Å². The van der Waals surface area contributed by atoms with E-state index in [2.05, 4.69) is 21.2 Å². The molecule has 2 unspecified atom stereocenters. The monoisotopic (exact) mass is 837 g/mol. The third kappa shape index (κ3) is 9.11. The summed E-state index contributed by atoms with van der Waals surface area (Å²) in [5, 5.41) is 4.11. The minimum Gasteiger partial charge on any atom is -0.490 e. The van der Waals surface area contributed by atoms with Crippen molar-refractivity contribution in [3.05, 3.63) is 99.0 Å². The average molecular weight is 840 g/mol. The van der Waals surface area contributed by atoms with Crippen LogP contribution in [-0.2, 0) is 16.0 Å². The number of hydrogen-bond donors (Lipinski definition) is 1. The maximum absolute atomic E-state index is 14.9. The molecule has 13 heteroatoms. The Labute approximate surface area is 327 Å². The van der Waals surface area contributed by atoms with E-state index in [1.54, 1.807) is 18.7 Å². The lowest BCUT2D eigenvalue weighted by Gasteiger charge is -2.48. The summed E-state index contributed by atoms with van der Waals surface area (Å²) in [5.74, 6) is 1.35. The molecule has 1 saturated carbocycles. The van der Waals surface area contributed by atoms with Crippen LogP contribution in [0.1, 0.15) is 44.2 Å². The molecule has 8 nitrogen and oxygen atoms in total. The molecule has 6 rings (SSSR count). The Kier molecular flexibility index (Phi) is 12.1. The number of amides is 2. The molecule has 1 aliphatic carbocycles. The lowest BCUT2D eigenvalue weighted by atomic mass is 9.82. The van der Waals surface area contributed by atoms with Gasteiger partial charge in [0.25, 0.3) is 5.91 Å². The highest BCUT2D eigenvalue weighted by Crippen LogP contribution is 2.43. The number of piperazine rings is 1.